The fourth-order valence-corrected chi connectivity index (χ4v) is 5.95. The summed E-state index contributed by atoms with van der Waals surface area (Å²) < 4.78 is 17.1. The SMILES string of the molecule is CC/C=C/C/C=C/C/C=C/CCCCCCCCCCCCCC(=O)OCC(COCCC(C(=O)O)[N+](C)(C)C)OC(=O)CC/C=C/CCCCCC. The lowest BCUT2D eigenvalue weighted by molar-refractivity contribution is -0.887. The third-order valence-electron chi connectivity index (χ3n) is 9.23. The summed E-state index contributed by atoms with van der Waals surface area (Å²) in [5, 5.41) is 9.58. The Balaban J connectivity index is 4.21. The summed E-state index contributed by atoms with van der Waals surface area (Å²) in [6.07, 6.45) is 41.8. The number of rotatable bonds is 37. The van der Waals surface area contributed by atoms with Gasteiger partial charge >= 0.3 is 17.9 Å². The van der Waals surface area contributed by atoms with Gasteiger partial charge in [-0.05, 0) is 57.8 Å². The molecule has 0 aliphatic heterocycles. The molecular formula is C45H80NO7+. The molecular weight excluding hydrogens is 666 g/mol. The van der Waals surface area contributed by atoms with Crippen molar-refractivity contribution in [3.8, 4) is 0 Å². The first kappa shape index (κ1) is 50.3. The summed E-state index contributed by atoms with van der Waals surface area (Å²) in [4.78, 5) is 36.7. The van der Waals surface area contributed by atoms with Crippen LogP contribution < -0.4 is 0 Å². The highest BCUT2D eigenvalue weighted by molar-refractivity contribution is 5.72. The molecule has 0 spiro atoms. The van der Waals surface area contributed by atoms with E-state index in [1.807, 2.05) is 27.2 Å². The summed E-state index contributed by atoms with van der Waals surface area (Å²) in [5.74, 6) is -1.54. The van der Waals surface area contributed by atoms with Crippen LogP contribution in [-0.4, -0.2) is 80.6 Å². The van der Waals surface area contributed by atoms with Gasteiger partial charge in [-0.15, -0.1) is 0 Å². The minimum atomic E-state index is -0.882. The molecule has 0 saturated heterocycles. The van der Waals surface area contributed by atoms with Crippen molar-refractivity contribution in [1.29, 1.82) is 0 Å². The molecule has 0 aromatic heterocycles. The smallest absolute Gasteiger partial charge is 0.362 e. The van der Waals surface area contributed by atoms with E-state index >= 15 is 0 Å². The number of carbonyl (C=O) groups excluding carboxylic acids is 2. The van der Waals surface area contributed by atoms with Gasteiger partial charge in [-0.1, -0.05) is 140 Å². The largest absolute Gasteiger partial charge is 0.477 e. The van der Waals surface area contributed by atoms with Gasteiger partial charge in [0.2, 0.25) is 0 Å². The van der Waals surface area contributed by atoms with E-state index < -0.39 is 18.1 Å². The van der Waals surface area contributed by atoms with Crippen molar-refractivity contribution < 1.29 is 38.2 Å². The number of hydrogen-bond donors (Lipinski definition) is 1. The van der Waals surface area contributed by atoms with Crippen LogP contribution in [0.1, 0.15) is 168 Å². The quantitative estimate of drug-likeness (QED) is 0.0292. The lowest BCUT2D eigenvalue weighted by Crippen LogP contribution is -2.50. The summed E-state index contributed by atoms with van der Waals surface area (Å²) in [5.41, 5.74) is 0. The molecule has 1 N–H and O–H groups in total. The van der Waals surface area contributed by atoms with Crippen LogP contribution in [0.3, 0.4) is 0 Å². The molecule has 0 aliphatic carbocycles. The Kier molecular flexibility index (Phi) is 34.4. The molecule has 0 radical (unpaired) electrons. The number of carboxylic acids is 1. The van der Waals surface area contributed by atoms with Crippen LogP contribution in [0.15, 0.2) is 48.6 Å². The van der Waals surface area contributed by atoms with Crippen molar-refractivity contribution in [3.63, 3.8) is 0 Å². The first-order valence-electron chi connectivity index (χ1n) is 21.2. The van der Waals surface area contributed by atoms with Gasteiger partial charge in [0.05, 0.1) is 34.4 Å². The highest BCUT2D eigenvalue weighted by atomic mass is 16.6. The fourth-order valence-electron chi connectivity index (χ4n) is 5.95. The van der Waals surface area contributed by atoms with Crippen molar-refractivity contribution in [1.82, 2.24) is 0 Å². The number of carboxylic acid groups (broad SMARTS) is 1. The number of allylic oxidation sites excluding steroid dienone is 8. The molecule has 0 fully saturated rings. The third-order valence-corrected chi connectivity index (χ3v) is 9.23. The number of nitrogens with zero attached hydrogens (tertiary/aromatic N) is 1. The van der Waals surface area contributed by atoms with E-state index in [2.05, 4.69) is 56.4 Å². The molecule has 53 heavy (non-hydrogen) atoms. The van der Waals surface area contributed by atoms with Crippen LogP contribution in [0.5, 0.6) is 0 Å². The van der Waals surface area contributed by atoms with Crippen LogP contribution in [0.2, 0.25) is 0 Å². The highest BCUT2D eigenvalue weighted by Crippen LogP contribution is 2.14. The van der Waals surface area contributed by atoms with Gasteiger partial charge in [0.15, 0.2) is 12.1 Å². The molecule has 0 bridgehead atoms. The Hall–Kier alpha value is -2.71. The van der Waals surface area contributed by atoms with Crippen molar-refractivity contribution >= 4 is 17.9 Å². The van der Waals surface area contributed by atoms with E-state index in [9.17, 15) is 19.5 Å². The average molecular weight is 747 g/mol. The molecule has 2 unspecified atom stereocenters. The summed E-state index contributed by atoms with van der Waals surface area (Å²) in [6.45, 7) is 4.53. The van der Waals surface area contributed by atoms with Crippen LogP contribution >= 0.6 is 0 Å². The monoisotopic (exact) mass is 747 g/mol. The Morgan fingerprint density at radius 2 is 1.09 bits per heavy atom. The first-order chi connectivity index (χ1) is 25.6. The van der Waals surface area contributed by atoms with E-state index in [0.717, 1.165) is 51.4 Å². The second-order valence-corrected chi connectivity index (χ2v) is 15.2. The van der Waals surface area contributed by atoms with Crippen LogP contribution in [0.25, 0.3) is 0 Å². The molecule has 0 aromatic rings. The number of esters is 2. The van der Waals surface area contributed by atoms with Gasteiger partial charge in [-0.3, -0.25) is 9.59 Å². The maximum Gasteiger partial charge on any atom is 0.362 e. The molecule has 8 nitrogen and oxygen atoms in total. The summed E-state index contributed by atoms with van der Waals surface area (Å²) in [7, 11) is 5.50. The molecule has 0 aromatic carbocycles. The van der Waals surface area contributed by atoms with E-state index in [4.69, 9.17) is 14.2 Å². The predicted molar refractivity (Wildman–Crippen MR) is 220 cm³/mol. The molecule has 306 valence electrons. The normalized spacial score (nSPS) is 13.5. The zero-order valence-electron chi connectivity index (χ0n) is 34.7. The summed E-state index contributed by atoms with van der Waals surface area (Å²) >= 11 is 0. The number of hydrogen-bond acceptors (Lipinski definition) is 6. The second-order valence-electron chi connectivity index (χ2n) is 15.2. The number of unbranched alkanes of at least 4 members (excludes halogenated alkanes) is 15. The zero-order valence-corrected chi connectivity index (χ0v) is 34.7. The Morgan fingerprint density at radius 3 is 1.66 bits per heavy atom. The molecule has 2 atom stereocenters. The molecule has 0 amide bonds. The van der Waals surface area contributed by atoms with Crippen LogP contribution in [0.4, 0.5) is 0 Å². The number of quaternary nitrogens is 1. The van der Waals surface area contributed by atoms with Crippen molar-refractivity contribution in [2.24, 2.45) is 0 Å². The molecule has 8 heteroatoms. The lowest BCUT2D eigenvalue weighted by atomic mass is 10.0. The van der Waals surface area contributed by atoms with Crippen molar-refractivity contribution in [2.75, 3.05) is 41.0 Å². The Bertz CT molecular complexity index is 1010. The number of carbonyl (C=O) groups is 3. The van der Waals surface area contributed by atoms with Gasteiger partial charge in [0.25, 0.3) is 0 Å². The van der Waals surface area contributed by atoms with E-state index in [-0.39, 0.29) is 42.7 Å². The Morgan fingerprint density at radius 1 is 0.585 bits per heavy atom. The molecule has 0 aliphatic rings. The predicted octanol–water partition coefficient (Wildman–Crippen LogP) is 11.2. The maximum absolute atomic E-state index is 12.6. The fraction of sp³-hybridized carbons (Fsp3) is 0.756. The van der Waals surface area contributed by atoms with E-state index in [1.54, 1.807) is 0 Å². The molecule has 0 heterocycles. The molecule has 0 saturated carbocycles. The number of aliphatic carboxylic acids is 1. The molecule has 0 rings (SSSR count). The maximum atomic E-state index is 12.6. The van der Waals surface area contributed by atoms with Gasteiger partial charge in [-0.25, -0.2) is 4.79 Å². The third kappa shape index (κ3) is 34.8. The van der Waals surface area contributed by atoms with E-state index in [0.29, 0.717) is 19.3 Å². The first-order valence-corrected chi connectivity index (χ1v) is 21.2. The van der Waals surface area contributed by atoms with Crippen LogP contribution in [-0.2, 0) is 28.6 Å². The minimum Gasteiger partial charge on any atom is -0.477 e. The van der Waals surface area contributed by atoms with Crippen molar-refractivity contribution in [2.45, 2.75) is 180 Å². The minimum absolute atomic E-state index is 0.0446. The van der Waals surface area contributed by atoms with Gasteiger partial charge in [0.1, 0.15) is 6.61 Å². The second kappa shape index (κ2) is 36.3. The van der Waals surface area contributed by atoms with E-state index in [1.165, 1.54) is 77.0 Å². The standard InChI is InChI=1S/C45H79NO7/c1-6-8-10-12-14-16-17-18-19-20-21-22-23-24-25-26-27-28-30-31-33-35-43(47)52-40-41(39-51-38-37-42(45(49)50)46(3,4)5)53-44(48)36-34-32-29-15-13-11-9-7-2/h8,10,14,16,18-19,29,32,41-42H,6-7,9,11-13,15,17,20-28,30-31,33-40H2,1-5H3/p+1/b10-8+,16-14+,19-18+,32-29+. The zero-order chi connectivity index (χ0) is 39.3. The number of likely N-dealkylation sites (N-methyl/N-ethyl adjacent to an activating group) is 1. The van der Waals surface area contributed by atoms with Gasteiger partial charge in [-0.2, -0.15) is 0 Å². The highest BCUT2D eigenvalue weighted by Gasteiger charge is 2.31. The Labute approximate surface area is 325 Å². The van der Waals surface area contributed by atoms with Gasteiger partial charge in [0, 0.05) is 19.3 Å². The van der Waals surface area contributed by atoms with Gasteiger partial charge < -0.3 is 23.8 Å². The lowest BCUT2D eigenvalue weighted by Gasteiger charge is -2.31. The number of ether oxygens (including phenoxy) is 3. The topological polar surface area (TPSA) is 99.1 Å². The van der Waals surface area contributed by atoms with Crippen molar-refractivity contribution in [3.05, 3.63) is 48.6 Å². The summed E-state index contributed by atoms with van der Waals surface area (Å²) in [6, 6.07) is -0.619. The van der Waals surface area contributed by atoms with Crippen LogP contribution in [0, 0.1) is 0 Å². The average Bonchev–Trinajstić information content (AvgIpc) is 3.11.